The van der Waals surface area contributed by atoms with Crippen LogP contribution in [0.5, 0.6) is 0 Å². The molecule has 0 aliphatic heterocycles. The molecule has 0 aliphatic carbocycles. The Hall–Kier alpha value is -2.63. The number of carboxylic acids is 1. The van der Waals surface area contributed by atoms with Crippen LogP contribution in [-0.2, 0) is 4.79 Å². The standard InChI is InChI=1S/C14H15N3O3/c1-2-12(14(19)20)16-13(18)10-4-6-11(7-5-10)17-9-3-8-15-17/h3-9,12H,2H2,1H3,(H,16,18)(H,19,20)/t12-/m1/s1. The van der Waals surface area contributed by atoms with E-state index in [2.05, 4.69) is 10.4 Å². The van der Waals surface area contributed by atoms with Gasteiger partial charge in [-0.1, -0.05) is 6.92 Å². The summed E-state index contributed by atoms with van der Waals surface area (Å²) in [7, 11) is 0. The first-order valence-electron chi connectivity index (χ1n) is 6.25. The topological polar surface area (TPSA) is 84.2 Å². The lowest BCUT2D eigenvalue weighted by atomic mass is 10.1. The van der Waals surface area contributed by atoms with E-state index < -0.39 is 17.9 Å². The fraction of sp³-hybridized carbons (Fsp3) is 0.214. The lowest BCUT2D eigenvalue weighted by molar-refractivity contribution is -0.139. The van der Waals surface area contributed by atoms with Crippen LogP contribution in [0, 0.1) is 0 Å². The molecule has 1 atom stereocenters. The van der Waals surface area contributed by atoms with E-state index in [0.29, 0.717) is 12.0 Å². The largest absolute Gasteiger partial charge is 0.480 e. The maximum absolute atomic E-state index is 11.9. The summed E-state index contributed by atoms with van der Waals surface area (Å²) in [6.45, 7) is 1.71. The highest BCUT2D eigenvalue weighted by Crippen LogP contribution is 2.09. The Morgan fingerprint density at radius 3 is 2.55 bits per heavy atom. The number of aliphatic carboxylic acids is 1. The Morgan fingerprint density at radius 2 is 2.05 bits per heavy atom. The number of carbonyl (C=O) groups is 2. The normalized spacial score (nSPS) is 11.8. The van der Waals surface area contributed by atoms with Crippen LogP contribution in [0.15, 0.2) is 42.7 Å². The third-order valence-corrected chi connectivity index (χ3v) is 2.91. The maximum Gasteiger partial charge on any atom is 0.326 e. The second-order valence-corrected chi connectivity index (χ2v) is 4.27. The van der Waals surface area contributed by atoms with Gasteiger partial charge in [-0.05, 0) is 36.8 Å². The number of rotatable bonds is 5. The van der Waals surface area contributed by atoms with Crippen molar-refractivity contribution in [2.45, 2.75) is 19.4 Å². The predicted octanol–water partition coefficient (Wildman–Crippen LogP) is 1.47. The molecule has 104 valence electrons. The minimum absolute atomic E-state index is 0.340. The Morgan fingerprint density at radius 1 is 1.35 bits per heavy atom. The third-order valence-electron chi connectivity index (χ3n) is 2.91. The van der Waals surface area contributed by atoms with E-state index in [1.165, 1.54) is 0 Å². The number of hydrogen-bond donors (Lipinski definition) is 2. The minimum atomic E-state index is -1.03. The van der Waals surface area contributed by atoms with Crippen molar-refractivity contribution in [3.63, 3.8) is 0 Å². The summed E-state index contributed by atoms with van der Waals surface area (Å²) >= 11 is 0. The summed E-state index contributed by atoms with van der Waals surface area (Å²) in [5.41, 5.74) is 1.25. The SMILES string of the molecule is CC[C@@H](NC(=O)c1ccc(-n2cccn2)cc1)C(=O)O. The molecule has 2 rings (SSSR count). The second-order valence-electron chi connectivity index (χ2n) is 4.27. The molecule has 1 aromatic carbocycles. The Kier molecular flexibility index (Phi) is 4.14. The highest BCUT2D eigenvalue weighted by atomic mass is 16.4. The van der Waals surface area contributed by atoms with Crippen LogP contribution in [0.2, 0.25) is 0 Å². The predicted molar refractivity (Wildman–Crippen MR) is 72.7 cm³/mol. The molecule has 1 amide bonds. The lowest BCUT2D eigenvalue weighted by Crippen LogP contribution is -2.40. The molecule has 1 aromatic heterocycles. The Bertz CT molecular complexity index is 591. The van der Waals surface area contributed by atoms with Crippen molar-refractivity contribution in [1.82, 2.24) is 15.1 Å². The van der Waals surface area contributed by atoms with Gasteiger partial charge in [0.25, 0.3) is 5.91 Å². The molecule has 0 unspecified atom stereocenters. The van der Waals surface area contributed by atoms with Crippen molar-refractivity contribution in [2.75, 3.05) is 0 Å². The number of aromatic nitrogens is 2. The van der Waals surface area contributed by atoms with Crippen molar-refractivity contribution in [2.24, 2.45) is 0 Å². The summed E-state index contributed by atoms with van der Waals surface area (Å²) in [4.78, 5) is 22.8. The van der Waals surface area contributed by atoms with E-state index in [0.717, 1.165) is 5.69 Å². The van der Waals surface area contributed by atoms with Gasteiger partial charge in [0.15, 0.2) is 0 Å². The van der Waals surface area contributed by atoms with Crippen molar-refractivity contribution >= 4 is 11.9 Å². The smallest absolute Gasteiger partial charge is 0.326 e. The first kappa shape index (κ1) is 13.8. The Balaban J connectivity index is 2.10. The van der Waals surface area contributed by atoms with Crippen LogP contribution in [0.1, 0.15) is 23.7 Å². The maximum atomic E-state index is 11.9. The zero-order chi connectivity index (χ0) is 14.5. The highest BCUT2D eigenvalue weighted by molar-refractivity contribution is 5.96. The molecule has 0 aliphatic rings. The van der Waals surface area contributed by atoms with E-state index >= 15 is 0 Å². The Labute approximate surface area is 116 Å². The molecule has 20 heavy (non-hydrogen) atoms. The van der Waals surface area contributed by atoms with Crippen LogP contribution in [0.4, 0.5) is 0 Å². The van der Waals surface area contributed by atoms with Crippen molar-refractivity contribution in [3.05, 3.63) is 48.3 Å². The molecule has 6 heteroatoms. The summed E-state index contributed by atoms with van der Waals surface area (Å²) < 4.78 is 1.67. The number of nitrogens with one attached hydrogen (secondary N) is 1. The van der Waals surface area contributed by atoms with Crippen molar-refractivity contribution in [1.29, 1.82) is 0 Å². The quantitative estimate of drug-likeness (QED) is 0.864. The molecule has 0 radical (unpaired) electrons. The van der Waals surface area contributed by atoms with Crippen molar-refractivity contribution in [3.8, 4) is 5.69 Å². The van der Waals surface area contributed by atoms with Crippen LogP contribution < -0.4 is 5.32 Å². The second kappa shape index (κ2) is 6.01. The number of benzene rings is 1. The molecule has 2 N–H and O–H groups in total. The average Bonchev–Trinajstić information content (AvgIpc) is 2.98. The number of nitrogens with zero attached hydrogens (tertiary/aromatic N) is 2. The summed E-state index contributed by atoms with van der Waals surface area (Å²) in [6, 6.07) is 7.72. The van der Waals surface area contributed by atoms with Gasteiger partial charge >= 0.3 is 5.97 Å². The van der Waals surface area contributed by atoms with Gasteiger partial charge in [-0.15, -0.1) is 0 Å². The van der Waals surface area contributed by atoms with Gasteiger partial charge in [0.1, 0.15) is 6.04 Å². The summed E-state index contributed by atoms with van der Waals surface area (Å²) in [5, 5.41) is 15.5. The number of hydrogen-bond acceptors (Lipinski definition) is 3. The zero-order valence-corrected chi connectivity index (χ0v) is 11.0. The highest BCUT2D eigenvalue weighted by Gasteiger charge is 2.18. The van der Waals surface area contributed by atoms with Gasteiger partial charge in [-0.25, -0.2) is 9.48 Å². The van der Waals surface area contributed by atoms with Crippen LogP contribution >= 0.6 is 0 Å². The molecule has 0 bridgehead atoms. The molecule has 6 nitrogen and oxygen atoms in total. The van der Waals surface area contributed by atoms with Gasteiger partial charge in [0.2, 0.25) is 0 Å². The van der Waals surface area contributed by atoms with Gasteiger partial charge in [0, 0.05) is 18.0 Å². The molecule has 0 spiro atoms. The van der Waals surface area contributed by atoms with Crippen LogP contribution in [0.3, 0.4) is 0 Å². The van der Waals surface area contributed by atoms with Gasteiger partial charge in [-0.3, -0.25) is 4.79 Å². The number of amides is 1. The van der Waals surface area contributed by atoms with Gasteiger partial charge in [0.05, 0.1) is 5.69 Å². The number of carboxylic acid groups (broad SMARTS) is 1. The molecule has 1 heterocycles. The van der Waals surface area contributed by atoms with E-state index in [4.69, 9.17) is 5.11 Å². The first-order valence-corrected chi connectivity index (χ1v) is 6.25. The fourth-order valence-electron chi connectivity index (χ4n) is 1.77. The van der Waals surface area contributed by atoms with Gasteiger partial charge < -0.3 is 10.4 Å². The third kappa shape index (κ3) is 3.03. The van der Waals surface area contributed by atoms with E-state index in [1.807, 2.05) is 0 Å². The van der Waals surface area contributed by atoms with Crippen LogP contribution in [0.25, 0.3) is 5.69 Å². The van der Waals surface area contributed by atoms with Crippen LogP contribution in [-0.4, -0.2) is 32.8 Å². The molecule has 0 fully saturated rings. The van der Waals surface area contributed by atoms with E-state index in [1.54, 1.807) is 54.3 Å². The van der Waals surface area contributed by atoms with Gasteiger partial charge in [-0.2, -0.15) is 5.10 Å². The molecular formula is C14H15N3O3. The molecular weight excluding hydrogens is 258 g/mol. The fourth-order valence-corrected chi connectivity index (χ4v) is 1.77. The summed E-state index contributed by atoms with van der Waals surface area (Å²) in [6.07, 6.45) is 3.80. The summed E-state index contributed by atoms with van der Waals surface area (Å²) in [5.74, 6) is -1.43. The first-order chi connectivity index (χ1) is 9.61. The molecule has 2 aromatic rings. The average molecular weight is 273 g/mol. The molecule has 0 saturated carbocycles. The zero-order valence-electron chi connectivity index (χ0n) is 11.0. The van der Waals surface area contributed by atoms with E-state index in [9.17, 15) is 9.59 Å². The monoisotopic (exact) mass is 273 g/mol. The molecule has 0 saturated heterocycles. The lowest BCUT2D eigenvalue weighted by Gasteiger charge is -2.12. The van der Waals surface area contributed by atoms with E-state index in [-0.39, 0.29) is 0 Å². The minimum Gasteiger partial charge on any atom is -0.480 e. The number of carbonyl (C=O) groups excluding carboxylic acids is 1. The van der Waals surface area contributed by atoms with Crippen molar-refractivity contribution < 1.29 is 14.7 Å².